The summed E-state index contributed by atoms with van der Waals surface area (Å²) in [5.74, 6) is 0.720. The van der Waals surface area contributed by atoms with Gasteiger partial charge in [-0.25, -0.2) is 9.97 Å². The van der Waals surface area contributed by atoms with E-state index in [0.29, 0.717) is 0 Å². The maximum atomic E-state index is 5.22. The van der Waals surface area contributed by atoms with E-state index in [0.717, 1.165) is 33.9 Å². The first kappa shape index (κ1) is 27.9. The van der Waals surface area contributed by atoms with Crippen molar-refractivity contribution in [2.45, 2.75) is 0 Å². The normalized spacial score (nSPS) is 11.7. The lowest BCUT2D eigenvalue weighted by molar-refractivity contribution is 1.19. The Labute approximate surface area is 287 Å². The summed E-state index contributed by atoms with van der Waals surface area (Å²) in [5.41, 5.74) is 7.41. The van der Waals surface area contributed by atoms with Gasteiger partial charge in [0.1, 0.15) is 0 Å². The molecule has 0 aliphatic carbocycles. The zero-order valence-corrected chi connectivity index (χ0v) is 27.3. The van der Waals surface area contributed by atoms with Crippen LogP contribution in [-0.4, -0.2) is 9.97 Å². The van der Waals surface area contributed by atoms with Crippen LogP contribution in [0.15, 0.2) is 170 Å². The molecule has 0 N–H and O–H groups in total. The van der Waals surface area contributed by atoms with E-state index >= 15 is 0 Å². The molecule has 0 aliphatic heterocycles. The van der Waals surface area contributed by atoms with E-state index in [9.17, 15) is 0 Å². The summed E-state index contributed by atoms with van der Waals surface area (Å²) in [6.07, 6.45) is 0. The van der Waals surface area contributed by atoms with Gasteiger partial charge in [0.05, 0.1) is 11.4 Å². The number of rotatable bonds is 4. The van der Waals surface area contributed by atoms with E-state index in [2.05, 4.69) is 152 Å². The van der Waals surface area contributed by atoms with Crippen molar-refractivity contribution in [3.05, 3.63) is 170 Å². The molecule has 0 spiro atoms. The molecule has 10 rings (SSSR count). The molecular weight excluding hydrogens is 613 g/mol. The highest BCUT2D eigenvalue weighted by molar-refractivity contribution is 7.25. The van der Waals surface area contributed by atoms with E-state index in [4.69, 9.17) is 9.97 Å². The zero-order valence-electron chi connectivity index (χ0n) is 26.5. The van der Waals surface area contributed by atoms with Crippen LogP contribution < -0.4 is 0 Å². The molecular formula is C46H28N2S. The van der Waals surface area contributed by atoms with E-state index < -0.39 is 0 Å². The number of hydrogen-bond donors (Lipinski definition) is 0. The Balaban J connectivity index is 1.22. The lowest BCUT2D eigenvalue weighted by Crippen LogP contribution is -1.96. The zero-order chi connectivity index (χ0) is 32.3. The fourth-order valence-corrected chi connectivity index (χ4v) is 8.53. The minimum atomic E-state index is 0.720. The van der Waals surface area contributed by atoms with Crippen molar-refractivity contribution in [2.75, 3.05) is 0 Å². The van der Waals surface area contributed by atoms with Crippen molar-refractivity contribution in [1.82, 2.24) is 9.97 Å². The average Bonchev–Trinajstić information content (AvgIpc) is 3.56. The highest BCUT2D eigenvalue weighted by atomic mass is 32.1. The molecule has 49 heavy (non-hydrogen) atoms. The van der Waals surface area contributed by atoms with Crippen LogP contribution in [0.5, 0.6) is 0 Å². The highest BCUT2D eigenvalue weighted by Gasteiger charge is 2.17. The van der Waals surface area contributed by atoms with Crippen LogP contribution in [0.4, 0.5) is 0 Å². The molecule has 2 nitrogen and oxygen atoms in total. The second-order valence-corrected chi connectivity index (χ2v) is 13.6. The van der Waals surface area contributed by atoms with Crippen LogP contribution in [0.2, 0.25) is 0 Å². The topological polar surface area (TPSA) is 25.8 Å². The van der Waals surface area contributed by atoms with Gasteiger partial charge in [-0.2, -0.15) is 0 Å². The van der Waals surface area contributed by atoms with Crippen molar-refractivity contribution in [1.29, 1.82) is 0 Å². The summed E-state index contributed by atoms with van der Waals surface area (Å²) in [6, 6.07) is 60.9. The summed E-state index contributed by atoms with van der Waals surface area (Å²) in [7, 11) is 0. The summed E-state index contributed by atoms with van der Waals surface area (Å²) in [6.45, 7) is 0. The minimum absolute atomic E-state index is 0.720. The lowest BCUT2D eigenvalue weighted by atomic mass is 9.89. The van der Waals surface area contributed by atoms with Gasteiger partial charge >= 0.3 is 0 Å². The van der Waals surface area contributed by atoms with Crippen molar-refractivity contribution < 1.29 is 0 Å². The van der Waals surface area contributed by atoms with Gasteiger partial charge in [-0.1, -0.05) is 140 Å². The Morgan fingerprint density at radius 1 is 0.367 bits per heavy atom. The number of fused-ring (bicyclic) bond motifs is 7. The summed E-state index contributed by atoms with van der Waals surface area (Å²) < 4.78 is 2.54. The molecule has 0 aliphatic rings. The molecule has 8 aromatic carbocycles. The third-order valence-electron chi connectivity index (χ3n) is 9.65. The molecule has 2 aromatic heterocycles. The Bertz CT molecular complexity index is 2890. The lowest BCUT2D eigenvalue weighted by Gasteiger charge is -2.15. The predicted molar refractivity (Wildman–Crippen MR) is 209 cm³/mol. The number of hydrogen-bond acceptors (Lipinski definition) is 3. The molecule has 0 atom stereocenters. The number of nitrogens with zero attached hydrogens (tertiary/aromatic N) is 2. The number of benzene rings is 8. The van der Waals surface area contributed by atoms with Gasteiger partial charge in [-0.15, -0.1) is 11.3 Å². The SMILES string of the molecule is c1ccc(-c2nc(-c3cccc(-c4c5ccccc5cc5c4ccc4ccccc45)c3)cc(-c3cccc4sc5ccccc5c34)n2)cc1. The Kier molecular flexibility index (Phi) is 6.39. The van der Waals surface area contributed by atoms with Crippen LogP contribution in [0, 0.1) is 0 Å². The van der Waals surface area contributed by atoms with E-state index in [1.54, 1.807) is 0 Å². The van der Waals surface area contributed by atoms with Crippen molar-refractivity contribution in [2.24, 2.45) is 0 Å². The highest BCUT2D eigenvalue weighted by Crippen LogP contribution is 2.42. The second-order valence-electron chi connectivity index (χ2n) is 12.5. The largest absolute Gasteiger partial charge is 0.228 e. The monoisotopic (exact) mass is 640 g/mol. The average molecular weight is 641 g/mol. The quantitative estimate of drug-likeness (QED) is 0.141. The molecule has 2 heterocycles. The second kappa shape index (κ2) is 11.2. The van der Waals surface area contributed by atoms with Gasteiger partial charge in [0.15, 0.2) is 5.82 Å². The summed E-state index contributed by atoms with van der Waals surface area (Å²) >= 11 is 1.83. The fourth-order valence-electron chi connectivity index (χ4n) is 7.40. The first-order chi connectivity index (χ1) is 24.3. The molecule has 0 unspecified atom stereocenters. The van der Waals surface area contributed by atoms with Crippen LogP contribution in [0.25, 0.3) is 97.5 Å². The van der Waals surface area contributed by atoms with Gasteiger partial charge in [0.2, 0.25) is 0 Å². The molecule has 10 aromatic rings. The van der Waals surface area contributed by atoms with Crippen LogP contribution in [0.3, 0.4) is 0 Å². The Hall–Kier alpha value is -6.16. The van der Waals surface area contributed by atoms with Crippen LogP contribution in [0.1, 0.15) is 0 Å². The minimum Gasteiger partial charge on any atom is -0.228 e. The molecule has 228 valence electrons. The predicted octanol–water partition coefficient (Wildman–Crippen LogP) is 13.0. The van der Waals surface area contributed by atoms with Gasteiger partial charge in [0.25, 0.3) is 0 Å². The maximum Gasteiger partial charge on any atom is 0.160 e. The standard InChI is InChI=1S/C46H28N2S/c1-2-13-30(14-3-1)46-47-40(28-41(48-46)37-21-11-23-43-45(37)38-20-8-9-22-42(38)49-43)32-16-10-17-33(26-32)44-35-19-7-5-15-31(35)27-39-34-18-6-4-12-29(34)24-25-36(39)44/h1-28H. The Morgan fingerprint density at radius 3 is 1.94 bits per heavy atom. The molecule has 0 fully saturated rings. The summed E-state index contributed by atoms with van der Waals surface area (Å²) in [4.78, 5) is 10.4. The molecule has 0 amide bonds. The third-order valence-corrected chi connectivity index (χ3v) is 10.8. The van der Waals surface area contributed by atoms with Crippen LogP contribution in [-0.2, 0) is 0 Å². The number of aromatic nitrogens is 2. The Morgan fingerprint density at radius 2 is 1.04 bits per heavy atom. The van der Waals surface area contributed by atoms with Gasteiger partial charge in [-0.3, -0.25) is 0 Å². The van der Waals surface area contributed by atoms with Crippen molar-refractivity contribution >= 4 is 63.8 Å². The first-order valence-electron chi connectivity index (χ1n) is 16.6. The molecule has 0 radical (unpaired) electrons. The molecule has 0 bridgehead atoms. The first-order valence-corrected chi connectivity index (χ1v) is 17.4. The number of thiophene rings is 1. The van der Waals surface area contributed by atoms with Gasteiger partial charge in [-0.05, 0) is 73.8 Å². The van der Waals surface area contributed by atoms with E-state index in [1.807, 2.05) is 29.5 Å². The van der Waals surface area contributed by atoms with Crippen molar-refractivity contribution in [3.8, 4) is 45.0 Å². The van der Waals surface area contributed by atoms with E-state index in [-0.39, 0.29) is 0 Å². The molecule has 0 saturated heterocycles. The van der Waals surface area contributed by atoms with Gasteiger partial charge < -0.3 is 0 Å². The smallest absolute Gasteiger partial charge is 0.160 e. The third kappa shape index (κ3) is 4.62. The molecule has 3 heteroatoms. The van der Waals surface area contributed by atoms with Crippen LogP contribution >= 0.6 is 11.3 Å². The van der Waals surface area contributed by atoms with E-state index in [1.165, 1.54) is 63.6 Å². The van der Waals surface area contributed by atoms with Crippen molar-refractivity contribution in [3.63, 3.8) is 0 Å². The molecule has 0 saturated carbocycles. The maximum absolute atomic E-state index is 5.22. The fraction of sp³-hybridized carbons (Fsp3) is 0. The van der Waals surface area contributed by atoms with Gasteiger partial charge in [0, 0.05) is 36.9 Å². The summed E-state index contributed by atoms with van der Waals surface area (Å²) in [5, 5.41) is 10.0.